The van der Waals surface area contributed by atoms with Gasteiger partial charge in [0.2, 0.25) is 10.0 Å². The monoisotopic (exact) mass is 429 g/mol. The van der Waals surface area contributed by atoms with Crippen LogP contribution in [0.5, 0.6) is 0 Å². The summed E-state index contributed by atoms with van der Waals surface area (Å²) in [6, 6.07) is 7.42. The van der Waals surface area contributed by atoms with Gasteiger partial charge < -0.3 is 9.88 Å². The van der Waals surface area contributed by atoms with Crippen LogP contribution in [0.4, 0.5) is 18.9 Å². The third-order valence-electron chi connectivity index (χ3n) is 5.35. The molecule has 1 heterocycles. The van der Waals surface area contributed by atoms with Crippen LogP contribution < -0.4 is 10.0 Å². The molecule has 0 aliphatic heterocycles. The summed E-state index contributed by atoms with van der Waals surface area (Å²) >= 11 is 0. The van der Waals surface area contributed by atoms with Gasteiger partial charge in [0.25, 0.3) is 0 Å². The molecule has 1 aliphatic rings. The van der Waals surface area contributed by atoms with Crippen molar-refractivity contribution in [1.82, 2.24) is 9.29 Å². The smallest absolute Gasteiger partial charge is 0.385 e. The van der Waals surface area contributed by atoms with Crippen LogP contribution in [0.15, 0.2) is 42.7 Å². The quantitative estimate of drug-likeness (QED) is 0.686. The van der Waals surface area contributed by atoms with E-state index in [1.54, 1.807) is 31.5 Å². The number of hydrogen-bond acceptors (Lipinski definition) is 3. The van der Waals surface area contributed by atoms with Gasteiger partial charge in [-0.2, -0.15) is 13.2 Å². The number of aromatic nitrogens is 1. The molecule has 2 aromatic rings. The number of rotatable bonds is 7. The molecule has 9 heteroatoms. The number of nitrogens with one attached hydrogen (secondary N) is 2. The van der Waals surface area contributed by atoms with E-state index in [2.05, 4.69) is 10.0 Å². The Bertz CT molecular complexity index is 904. The first-order valence-corrected chi connectivity index (χ1v) is 11.4. The van der Waals surface area contributed by atoms with Gasteiger partial charge in [-0.05, 0) is 68.9 Å². The summed E-state index contributed by atoms with van der Waals surface area (Å²) in [7, 11) is -3.19. The molecule has 0 saturated heterocycles. The third-order valence-corrected chi connectivity index (χ3v) is 6.81. The predicted octanol–water partition coefficient (Wildman–Crippen LogP) is 4.41. The molecular formula is C20H26F3N3O2S. The standard InChI is InChI=1S/C20H26F3N3O2S/c1-2-29(27,28)25-16-7-5-15(6-8-16)14-24-17-9-10-18(20(21,22)23)19(13-17)26-11-3-4-12-26/h3-4,9-13,15-16,24-25H,2,5-8,14H2,1H3/t15-,16-. The minimum atomic E-state index is -4.43. The number of alkyl halides is 3. The lowest BCUT2D eigenvalue weighted by Gasteiger charge is -2.29. The number of halogens is 3. The zero-order chi connectivity index (χ0) is 21.1. The molecule has 5 nitrogen and oxygen atoms in total. The van der Waals surface area contributed by atoms with Gasteiger partial charge in [0, 0.05) is 30.7 Å². The van der Waals surface area contributed by atoms with Gasteiger partial charge in [-0.3, -0.25) is 0 Å². The lowest BCUT2D eigenvalue weighted by atomic mass is 9.86. The maximum Gasteiger partial charge on any atom is 0.418 e. The lowest BCUT2D eigenvalue weighted by molar-refractivity contribution is -0.137. The number of sulfonamides is 1. The molecule has 0 radical (unpaired) electrons. The van der Waals surface area contributed by atoms with E-state index in [4.69, 9.17) is 0 Å². The summed E-state index contributed by atoms with van der Waals surface area (Å²) in [5, 5.41) is 3.25. The second kappa shape index (κ2) is 8.79. The van der Waals surface area contributed by atoms with Gasteiger partial charge in [-0.15, -0.1) is 0 Å². The third kappa shape index (κ3) is 5.76. The van der Waals surface area contributed by atoms with Crippen molar-refractivity contribution in [1.29, 1.82) is 0 Å². The van der Waals surface area contributed by atoms with E-state index >= 15 is 0 Å². The van der Waals surface area contributed by atoms with E-state index in [0.29, 0.717) is 18.2 Å². The van der Waals surface area contributed by atoms with Crippen molar-refractivity contribution in [3.8, 4) is 5.69 Å². The van der Waals surface area contributed by atoms with Crippen molar-refractivity contribution in [2.45, 2.75) is 44.8 Å². The first-order valence-electron chi connectivity index (χ1n) is 9.76. The zero-order valence-electron chi connectivity index (χ0n) is 16.2. The number of nitrogens with zero attached hydrogens (tertiary/aromatic N) is 1. The molecule has 0 atom stereocenters. The lowest BCUT2D eigenvalue weighted by Crippen LogP contribution is -2.39. The highest BCUT2D eigenvalue weighted by Gasteiger charge is 2.34. The molecule has 0 spiro atoms. The average molecular weight is 430 g/mol. The average Bonchev–Trinajstić information content (AvgIpc) is 3.21. The Balaban J connectivity index is 1.61. The van der Waals surface area contributed by atoms with Gasteiger partial charge in [0.1, 0.15) is 0 Å². The Morgan fingerprint density at radius 3 is 2.34 bits per heavy atom. The Kier molecular flexibility index (Phi) is 6.58. The van der Waals surface area contributed by atoms with E-state index in [1.807, 2.05) is 0 Å². The van der Waals surface area contributed by atoms with Crippen LogP contribution in [-0.4, -0.2) is 31.3 Å². The fourth-order valence-corrected chi connectivity index (χ4v) is 4.58. The van der Waals surface area contributed by atoms with Gasteiger partial charge in [-0.1, -0.05) is 0 Å². The molecule has 160 valence electrons. The van der Waals surface area contributed by atoms with E-state index in [0.717, 1.165) is 31.7 Å². The van der Waals surface area contributed by atoms with Crippen molar-refractivity contribution < 1.29 is 21.6 Å². The van der Waals surface area contributed by atoms with E-state index in [9.17, 15) is 21.6 Å². The van der Waals surface area contributed by atoms with Crippen molar-refractivity contribution in [3.63, 3.8) is 0 Å². The molecule has 1 fully saturated rings. The number of anilines is 1. The van der Waals surface area contributed by atoms with Gasteiger partial charge in [0.05, 0.1) is 17.0 Å². The van der Waals surface area contributed by atoms with Crippen molar-refractivity contribution >= 4 is 15.7 Å². The fraction of sp³-hybridized carbons (Fsp3) is 0.500. The Morgan fingerprint density at radius 2 is 1.76 bits per heavy atom. The molecular weight excluding hydrogens is 403 g/mol. The molecule has 3 rings (SSSR count). The molecule has 1 aromatic carbocycles. The molecule has 29 heavy (non-hydrogen) atoms. The highest BCUT2D eigenvalue weighted by atomic mass is 32.2. The van der Waals surface area contributed by atoms with Gasteiger partial charge in [0.15, 0.2) is 0 Å². The molecule has 0 bridgehead atoms. The first kappa shape index (κ1) is 21.7. The molecule has 2 N–H and O–H groups in total. The largest absolute Gasteiger partial charge is 0.418 e. The maximum atomic E-state index is 13.3. The number of hydrogen-bond donors (Lipinski definition) is 2. The molecule has 0 unspecified atom stereocenters. The SMILES string of the molecule is CCS(=O)(=O)N[C@H]1CC[C@H](CNc2ccc(C(F)(F)F)c(-n3cccc3)c2)CC1. The van der Waals surface area contributed by atoms with E-state index in [1.165, 1.54) is 16.7 Å². The Morgan fingerprint density at radius 1 is 1.10 bits per heavy atom. The molecule has 0 amide bonds. The van der Waals surface area contributed by atoms with Crippen LogP contribution in [0.25, 0.3) is 5.69 Å². The Hall–Kier alpha value is -2.00. The Labute approximate surface area is 169 Å². The molecule has 1 saturated carbocycles. The highest BCUT2D eigenvalue weighted by molar-refractivity contribution is 7.89. The van der Waals surface area contributed by atoms with Crippen LogP contribution in [0.2, 0.25) is 0 Å². The van der Waals surface area contributed by atoms with Crippen molar-refractivity contribution in [3.05, 3.63) is 48.3 Å². The summed E-state index contributed by atoms with van der Waals surface area (Å²) < 4.78 is 67.6. The first-order chi connectivity index (χ1) is 13.7. The van der Waals surface area contributed by atoms with Crippen molar-refractivity contribution in [2.24, 2.45) is 5.92 Å². The summed E-state index contributed by atoms with van der Waals surface area (Å²) in [5.74, 6) is 0.432. The second-order valence-electron chi connectivity index (χ2n) is 7.44. The topological polar surface area (TPSA) is 63.1 Å². The van der Waals surface area contributed by atoms with Crippen LogP contribution in [0.1, 0.15) is 38.2 Å². The minimum absolute atomic E-state index is 0.0254. The minimum Gasteiger partial charge on any atom is -0.385 e. The zero-order valence-corrected chi connectivity index (χ0v) is 17.1. The summed E-state index contributed by atoms with van der Waals surface area (Å²) in [5.41, 5.74) is 0.0451. The van der Waals surface area contributed by atoms with E-state index < -0.39 is 21.8 Å². The summed E-state index contributed by atoms with van der Waals surface area (Å²) in [6.07, 6.45) is 2.03. The molecule has 1 aromatic heterocycles. The normalized spacial score (nSPS) is 20.6. The maximum absolute atomic E-state index is 13.3. The second-order valence-corrected chi connectivity index (χ2v) is 9.48. The van der Waals surface area contributed by atoms with Gasteiger partial charge >= 0.3 is 6.18 Å². The van der Waals surface area contributed by atoms with E-state index in [-0.39, 0.29) is 17.5 Å². The van der Waals surface area contributed by atoms with Crippen LogP contribution >= 0.6 is 0 Å². The van der Waals surface area contributed by atoms with Crippen LogP contribution in [-0.2, 0) is 16.2 Å². The fourth-order valence-electron chi connectivity index (χ4n) is 3.67. The van der Waals surface area contributed by atoms with Crippen molar-refractivity contribution in [2.75, 3.05) is 17.6 Å². The summed E-state index contributed by atoms with van der Waals surface area (Å²) in [6.45, 7) is 2.26. The van der Waals surface area contributed by atoms with Crippen LogP contribution in [0, 0.1) is 5.92 Å². The molecule has 1 aliphatic carbocycles. The van der Waals surface area contributed by atoms with Crippen LogP contribution in [0.3, 0.4) is 0 Å². The predicted molar refractivity (Wildman–Crippen MR) is 108 cm³/mol. The highest BCUT2D eigenvalue weighted by Crippen LogP contribution is 2.35. The summed E-state index contributed by atoms with van der Waals surface area (Å²) in [4.78, 5) is 0. The number of benzene rings is 1. The van der Waals surface area contributed by atoms with Gasteiger partial charge in [-0.25, -0.2) is 13.1 Å².